The summed E-state index contributed by atoms with van der Waals surface area (Å²) < 4.78 is 0. The fourth-order valence-corrected chi connectivity index (χ4v) is 2.44. The maximum absolute atomic E-state index is 12.4. The molecule has 100 valence electrons. The number of nitrogens with one attached hydrogen (secondary N) is 1. The van der Waals surface area contributed by atoms with Crippen LogP contribution in [-0.2, 0) is 6.42 Å². The molecular weight excluding hydrogens is 228 g/mol. The number of carbonyl (C=O) groups excluding carboxylic acids is 1. The summed E-state index contributed by atoms with van der Waals surface area (Å²) in [4.78, 5) is 18.5. The maximum atomic E-state index is 12.4. The number of rotatable bonds is 3. The molecular formula is C13H22N4O. The van der Waals surface area contributed by atoms with Crippen molar-refractivity contribution in [3.05, 3.63) is 11.6 Å². The van der Waals surface area contributed by atoms with Gasteiger partial charge in [0.05, 0.1) is 0 Å². The van der Waals surface area contributed by atoms with Gasteiger partial charge in [-0.25, -0.2) is 4.98 Å². The lowest BCUT2D eigenvalue weighted by Crippen LogP contribution is -2.45. The Bertz CT molecular complexity index is 415. The third-order valence-electron chi connectivity index (χ3n) is 3.59. The van der Waals surface area contributed by atoms with Crippen LogP contribution in [0.2, 0.25) is 0 Å². The zero-order chi connectivity index (χ0) is 13.1. The Morgan fingerprint density at radius 3 is 2.94 bits per heavy atom. The molecule has 1 fully saturated rings. The monoisotopic (exact) mass is 250 g/mol. The molecule has 1 amide bonds. The predicted octanol–water partition coefficient (Wildman–Crippen LogP) is 2.02. The Hall–Kier alpha value is -1.39. The number of nitrogens with zero attached hydrogens (tertiary/aromatic N) is 3. The summed E-state index contributed by atoms with van der Waals surface area (Å²) in [6.07, 6.45) is 4.10. The van der Waals surface area contributed by atoms with Crippen molar-refractivity contribution in [1.29, 1.82) is 0 Å². The van der Waals surface area contributed by atoms with Crippen LogP contribution in [0.4, 0.5) is 0 Å². The molecule has 5 heteroatoms. The topological polar surface area (TPSA) is 61.9 Å². The van der Waals surface area contributed by atoms with Gasteiger partial charge in [0.25, 0.3) is 5.91 Å². The molecule has 0 saturated carbocycles. The van der Waals surface area contributed by atoms with Gasteiger partial charge in [-0.15, -0.1) is 5.10 Å². The van der Waals surface area contributed by atoms with Crippen molar-refractivity contribution in [2.75, 3.05) is 6.54 Å². The van der Waals surface area contributed by atoms with Gasteiger partial charge < -0.3 is 4.90 Å². The Balaban J connectivity index is 2.09. The zero-order valence-electron chi connectivity index (χ0n) is 11.4. The van der Waals surface area contributed by atoms with Crippen LogP contribution in [-0.4, -0.2) is 38.6 Å². The largest absolute Gasteiger partial charge is 0.333 e. The standard InChI is InChI=1S/C13H22N4O/c1-4-5-11-14-12(16-15-11)13(18)17-8-9(2)6-7-10(17)3/h9-10H,4-8H2,1-3H3,(H,14,15,16). The molecule has 18 heavy (non-hydrogen) atoms. The first kappa shape index (κ1) is 13.1. The lowest BCUT2D eigenvalue weighted by atomic mass is 9.95. The van der Waals surface area contributed by atoms with Crippen LogP contribution in [0.15, 0.2) is 0 Å². The fourth-order valence-electron chi connectivity index (χ4n) is 2.44. The second-order valence-electron chi connectivity index (χ2n) is 5.34. The minimum absolute atomic E-state index is 0.0346. The van der Waals surface area contributed by atoms with Crippen molar-refractivity contribution in [3.8, 4) is 0 Å². The first-order valence-electron chi connectivity index (χ1n) is 6.84. The Morgan fingerprint density at radius 2 is 2.22 bits per heavy atom. The number of H-pyrrole nitrogens is 1. The number of aromatic nitrogens is 3. The van der Waals surface area contributed by atoms with Gasteiger partial charge in [0.2, 0.25) is 5.82 Å². The van der Waals surface area contributed by atoms with E-state index in [-0.39, 0.29) is 5.91 Å². The number of piperidine rings is 1. The van der Waals surface area contributed by atoms with Gasteiger partial charge in [0.15, 0.2) is 0 Å². The van der Waals surface area contributed by atoms with Gasteiger partial charge in [0, 0.05) is 19.0 Å². The molecule has 1 aliphatic heterocycles. The molecule has 0 aliphatic carbocycles. The van der Waals surface area contributed by atoms with Gasteiger partial charge in [-0.3, -0.25) is 9.89 Å². The number of carbonyl (C=O) groups is 1. The van der Waals surface area contributed by atoms with Gasteiger partial charge in [-0.05, 0) is 32.1 Å². The van der Waals surface area contributed by atoms with Crippen molar-refractivity contribution in [2.45, 2.75) is 52.5 Å². The van der Waals surface area contributed by atoms with Crippen LogP contribution in [0.25, 0.3) is 0 Å². The molecule has 0 bridgehead atoms. The van der Waals surface area contributed by atoms with Crippen molar-refractivity contribution in [1.82, 2.24) is 20.1 Å². The third kappa shape index (κ3) is 2.71. The van der Waals surface area contributed by atoms with Crippen molar-refractivity contribution >= 4 is 5.91 Å². The van der Waals surface area contributed by atoms with Crippen LogP contribution in [0.1, 0.15) is 56.5 Å². The third-order valence-corrected chi connectivity index (χ3v) is 3.59. The van der Waals surface area contributed by atoms with E-state index in [4.69, 9.17) is 0 Å². The molecule has 0 radical (unpaired) electrons. The molecule has 2 unspecified atom stereocenters. The van der Waals surface area contributed by atoms with E-state index in [1.165, 1.54) is 6.42 Å². The van der Waals surface area contributed by atoms with Gasteiger partial charge in [-0.2, -0.15) is 0 Å². The van der Waals surface area contributed by atoms with E-state index in [9.17, 15) is 4.79 Å². The number of aryl methyl sites for hydroxylation is 1. The number of hydrogen-bond acceptors (Lipinski definition) is 3. The second-order valence-corrected chi connectivity index (χ2v) is 5.34. The highest BCUT2D eigenvalue weighted by Crippen LogP contribution is 2.22. The Morgan fingerprint density at radius 1 is 1.44 bits per heavy atom. The number of likely N-dealkylation sites (tertiary alicyclic amines) is 1. The smallest absolute Gasteiger partial charge is 0.293 e. The van der Waals surface area contributed by atoms with E-state index in [1.54, 1.807) is 0 Å². The fraction of sp³-hybridized carbons (Fsp3) is 0.769. The molecule has 1 aromatic heterocycles. The first-order valence-corrected chi connectivity index (χ1v) is 6.84. The molecule has 1 saturated heterocycles. The summed E-state index contributed by atoms with van der Waals surface area (Å²) in [5.41, 5.74) is 0. The summed E-state index contributed by atoms with van der Waals surface area (Å²) in [5.74, 6) is 1.66. The van der Waals surface area contributed by atoms with Gasteiger partial charge in [-0.1, -0.05) is 13.8 Å². The lowest BCUT2D eigenvalue weighted by Gasteiger charge is -2.36. The summed E-state index contributed by atoms with van der Waals surface area (Å²) >= 11 is 0. The number of hydrogen-bond donors (Lipinski definition) is 1. The molecule has 5 nitrogen and oxygen atoms in total. The highest BCUT2D eigenvalue weighted by Gasteiger charge is 2.29. The lowest BCUT2D eigenvalue weighted by molar-refractivity contribution is 0.0562. The number of aromatic amines is 1. The molecule has 2 rings (SSSR count). The predicted molar refractivity (Wildman–Crippen MR) is 69.3 cm³/mol. The minimum Gasteiger partial charge on any atom is -0.333 e. The van der Waals surface area contributed by atoms with Crippen molar-refractivity contribution < 1.29 is 4.79 Å². The van der Waals surface area contributed by atoms with Crippen LogP contribution < -0.4 is 0 Å². The van der Waals surface area contributed by atoms with Gasteiger partial charge in [0.1, 0.15) is 5.82 Å². The quantitative estimate of drug-likeness (QED) is 0.892. The normalized spacial score (nSPS) is 24.3. The summed E-state index contributed by atoms with van der Waals surface area (Å²) in [6.45, 7) is 7.19. The van der Waals surface area contributed by atoms with Crippen LogP contribution >= 0.6 is 0 Å². The molecule has 0 spiro atoms. The molecule has 1 aliphatic rings. The van der Waals surface area contributed by atoms with Gasteiger partial charge >= 0.3 is 0 Å². The van der Waals surface area contributed by atoms with Crippen LogP contribution in [0.5, 0.6) is 0 Å². The average Bonchev–Trinajstić information content (AvgIpc) is 2.80. The van der Waals surface area contributed by atoms with E-state index in [0.29, 0.717) is 17.8 Å². The van der Waals surface area contributed by atoms with E-state index >= 15 is 0 Å². The molecule has 2 heterocycles. The molecule has 1 N–H and O–H groups in total. The summed E-state index contributed by atoms with van der Waals surface area (Å²) in [7, 11) is 0. The molecule has 2 atom stereocenters. The summed E-state index contributed by atoms with van der Waals surface area (Å²) in [6, 6.07) is 0.293. The van der Waals surface area contributed by atoms with E-state index in [2.05, 4.69) is 36.0 Å². The summed E-state index contributed by atoms with van der Waals surface area (Å²) in [5, 5.41) is 6.89. The van der Waals surface area contributed by atoms with Crippen molar-refractivity contribution in [3.63, 3.8) is 0 Å². The van der Waals surface area contributed by atoms with Crippen LogP contribution in [0.3, 0.4) is 0 Å². The average molecular weight is 250 g/mol. The van der Waals surface area contributed by atoms with E-state index in [1.807, 2.05) is 4.90 Å². The second kappa shape index (κ2) is 5.50. The molecule has 1 aromatic rings. The number of amides is 1. The van der Waals surface area contributed by atoms with Crippen LogP contribution in [0, 0.1) is 5.92 Å². The Kier molecular flexibility index (Phi) is 3.99. The SMILES string of the molecule is CCCc1nc(C(=O)N2CC(C)CCC2C)n[nH]1. The minimum atomic E-state index is -0.0346. The maximum Gasteiger partial charge on any atom is 0.293 e. The van der Waals surface area contributed by atoms with Crippen molar-refractivity contribution in [2.24, 2.45) is 5.92 Å². The zero-order valence-corrected chi connectivity index (χ0v) is 11.4. The molecule has 0 aromatic carbocycles. The Labute approximate surface area is 108 Å². The highest BCUT2D eigenvalue weighted by atomic mass is 16.2. The van der Waals surface area contributed by atoms with E-state index in [0.717, 1.165) is 31.6 Å². The highest BCUT2D eigenvalue weighted by molar-refractivity contribution is 5.90. The first-order chi connectivity index (χ1) is 8.61. The van der Waals surface area contributed by atoms with E-state index < -0.39 is 0 Å².